The van der Waals surface area contributed by atoms with E-state index in [9.17, 15) is 18.0 Å². The lowest BCUT2D eigenvalue weighted by molar-refractivity contribution is -0.139. The van der Waals surface area contributed by atoms with E-state index in [1.54, 1.807) is 43.3 Å². The third-order valence-corrected chi connectivity index (χ3v) is 6.60. The molecule has 0 heterocycles. The molecule has 2 rings (SSSR count). The molecular formula is C21H25Cl2N3O4S. The van der Waals surface area contributed by atoms with E-state index >= 15 is 0 Å². The fraction of sp³-hybridized carbons (Fsp3) is 0.333. The number of sulfonamides is 1. The molecule has 2 amide bonds. The molecule has 168 valence electrons. The van der Waals surface area contributed by atoms with Crippen LogP contribution in [0.5, 0.6) is 0 Å². The third kappa shape index (κ3) is 6.59. The highest BCUT2D eigenvalue weighted by Gasteiger charge is 2.29. The molecule has 1 N–H and O–H groups in total. The number of likely N-dealkylation sites (N-methyl/N-ethyl adjacent to an activating group) is 1. The van der Waals surface area contributed by atoms with Crippen LogP contribution in [0.3, 0.4) is 0 Å². The van der Waals surface area contributed by atoms with E-state index in [1.807, 2.05) is 13.0 Å². The number of carbonyl (C=O) groups is 2. The molecule has 0 saturated heterocycles. The Hall–Kier alpha value is -2.29. The Morgan fingerprint density at radius 3 is 2.32 bits per heavy atom. The van der Waals surface area contributed by atoms with Crippen molar-refractivity contribution in [1.29, 1.82) is 0 Å². The van der Waals surface area contributed by atoms with E-state index in [4.69, 9.17) is 23.2 Å². The van der Waals surface area contributed by atoms with Gasteiger partial charge >= 0.3 is 0 Å². The van der Waals surface area contributed by atoms with Crippen LogP contribution in [-0.2, 0) is 26.2 Å². The van der Waals surface area contributed by atoms with Gasteiger partial charge in [0.05, 0.1) is 22.0 Å². The summed E-state index contributed by atoms with van der Waals surface area (Å²) in [5.74, 6) is -0.913. The molecule has 0 aliphatic heterocycles. The molecule has 0 spiro atoms. The summed E-state index contributed by atoms with van der Waals surface area (Å²) in [6, 6.07) is 10.9. The lowest BCUT2D eigenvalue weighted by Gasteiger charge is -2.31. The Balaban J connectivity index is 2.40. The molecule has 1 unspecified atom stereocenters. The number of rotatable bonds is 8. The summed E-state index contributed by atoms with van der Waals surface area (Å²) in [6.45, 7) is 3.00. The van der Waals surface area contributed by atoms with E-state index in [0.29, 0.717) is 21.3 Å². The van der Waals surface area contributed by atoms with Gasteiger partial charge in [0.25, 0.3) is 0 Å². The zero-order valence-corrected chi connectivity index (χ0v) is 20.1. The topological polar surface area (TPSA) is 86.8 Å². The number of halogens is 2. The lowest BCUT2D eigenvalue weighted by atomic mass is 10.1. The van der Waals surface area contributed by atoms with Crippen molar-refractivity contribution < 1.29 is 18.0 Å². The number of hydrogen-bond acceptors (Lipinski definition) is 4. The summed E-state index contributed by atoms with van der Waals surface area (Å²) in [4.78, 5) is 26.9. The van der Waals surface area contributed by atoms with Crippen molar-refractivity contribution in [2.24, 2.45) is 0 Å². The fourth-order valence-electron chi connectivity index (χ4n) is 3.02. The van der Waals surface area contributed by atoms with E-state index in [-0.39, 0.29) is 12.5 Å². The average Bonchev–Trinajstić information content (AvgIpc) is 2.70. The first-order valence-electron chi connectivity index (χ1n) is 9.43. The predicted molar refractivity (Wildman–Crippen MR) is 124 cm³/mol. The molecule has 0 saturated carbocycles. The Bertz CT molecular complexity index is 1080. The minimum absolute atomic E-state index is 0.0513. The summed E-state index contributed by atoms with van der Waals surface area (Å²) in [5.41, 5.74) is 1.88. The van der Waals surface area contributed by atoms with E-state index in [1.165, 1.54) is 11.9 Å². The minimum Gasteiger partial charge on any atom is -0.357 e. The first-order chi connectivity index (χ1) is 14.4. The first kappa shape index (κ1) is 25.0. The Morgan fingerprint density at radius 1 is 1.10 bits per heavy atom. The molecule has 0 aliphatic rings. The standard InChI is InChI=1S/C21H25Cl2N3O4S/c1-14-6-5-7-17(10-14)26(31(4,29)30)13-20(27)25(15(2)21(28)24-3)12-16-8-9-18(22)19(23)11-16/h5-11,15H,12-13H2,1-4H3,(H,24,28). The maximum absolute atomic E-state index is 13.3. The van der Waals surface area contributed by atoms with Crippen LogP contribution in [0.2, 0.25) is 10.0 Å². The van der Waals surface area contributed by atoms with Crippen LogP contribution < -0.4 is 9.62 Å². The smallest absolute Gasteiger partial charge is 0.244 e. The molecule has 31 heavy (non-hydrogen) atoms. The summed E-state index contributed by atoms with van der Waals surface area (Å²) < 4.78 is 25.9. The Labute approximate surface area is 193 Å². The van der Waals surface area contributed by atoms with Crippen LogP contribution >= 0.6 is 23.2 Å². The van der Waals surface area contributed by atoms with Gasteiger partial charge in [-0.2, -0.15) is 0 Å². The number of benzene rings is 2. The van der Waals surface area contributed by atoms with Gasteiger partial charge in [-0.25, -0.2) is 8.42 Å². The second-order valence-electron chi connectivity index (χ2n) is 7.17. The monoisotopic (exact) mass is 485 g/mol. The molecule has 0 aliphatic carbocycles. The van der Waals surface area contributed by atoms with Gasteiger partial charge in [0.1, 0.15) is 12.6 Å². The van der Waals surface area contributed by atoms with Gasteiger partial charge < -0.3 is 10.2 Å². The van der Waals surface area contributed by atoms with Crippen LogP contribution in [0.4, 0.5) is 5.69 Å². The summed E-state index contributed by atoms with van der Waals surface area (Å²) in [5, 5.41) is 3.20. The zero-order valence-electron chi connectivity index (χ0n) is 17.7. The lowest BCUT2D eigenvalue weighted by Crippen LogP contribution is -2.50. The fourth-order valence-corrected chi connectivity index (χ4v) is 4.19. The van der Waals surface area contributed by atoms with Crippen LogP contribution in [0.1, 0.15) is 18.1 Å². The second-order valence-corrected chi connectivity index (χ2v) is 9.89. The highest BCUT2D eigenvalue weighted by atomic mass is 35.5. The zero-order chi connectivity index (χ0) is 23.3. The molecule has 10 heteroatoms. The maximum Gasteiger partial charge on any atom is 0.244 e. The largest absolute Gasteiger partial charge is 0.357 e. The van der Waals surface area contributed by atoms with E-state index in [0.717, 1.165) is 16.1 Å². The van der Waals surface area contributed by atoms with Gasteiger partial charge in [-0.1, -0.05) is 41.4 Å². The normalized spacial score (nSPS) is 12.2. The summed E-state index contributed by atoms with van der Waals surface area (Å²) in [7, 11) is -2.28. The van der Waals surface area contributed by atoms with Crippen LogP contribution in [0.25, 0.3) is 0 Å². The SMILES string of the molecule is CNC(=O)C(C)N(Cc1ccc(Cl)c(Cl)c1)C(=O)CN(c1cccc(C)c1)S(C)(=O)=O. The molecule has 2 aromatic carbocycles. The Morgan fingerprint density at radius 2 is 1.77 bits per heavy atom. The first-order valence-corrected chi connectivity index (χ1v) is 12.0. The van der Waals surface area contributed by atoms with Crippen molar-refractivity contribution in [3.05, 3.63) is 63.6 Å². The van der Waals surface area contributed by atoms with Crippen molar-refractivity contribution in [3.63, 3.8) is 0 Å². The van der Waals surface area contributed by atoms with Crippen molar-refractivity contribution in [2.75, 3.05) is 24.2 Å². The van der Waals surface area contributed by atoms with Gasteiger partial charge in [0.15, 0.2) is 0 Å². The molecule has 2 aromatic rings. The number of hydrogen-bond donors (Lipinski definition) is 1. The van der Waals surface area contributed by atoms with Gasteiger partial charge in [0.2, 0.25) is 21.8 Å². The molecule has 7 nitrogen and oxygen atoms in total. The average molecular weight is 486 g/mol. The number of nitrogens with zero attached hydrogens (tertiary/aromatic N) is 2. The van der Waals surface area contributed by atoms with Crippen LogP contribution in [-0.4, -0.2) is 51.0 Å². The molecule has 1 atom stereocenters. The van der Waals surface area contributed by atoms with Gasteiger partial charge in [-0.3, -0.25) is 13.9 Å². The van der Waals surface area contributed by atoms with Crippen molar-refractivity contribution in [2.45, 2.75) is 26.4 Å². The summed E-state index contributed by atoms with van der Waals surface area (Å²) in [6.07, 6.45) is 1.04. The third-order valence-electron chi connectivity index (χ3n) is 4.72. The molecule has 0 bridgehead atoms. The summed E-state index contributed by atoms with van der Waals surface area (Å²) >= 11 is 12.0. The minimum atomic E-state index is -3.75. The molecule has 0 fully saturated rings. The van der Waals surface area contributed by atoms with Gasteiger partial charge in [-0.15, -0.1) is 0 Å². The highest BCUT2D eigenvalue weighted by Crippen LogP contribution is 2.24. The molecule has 0 aromatic heterocycles. The second kappa shape index (κ2) is 10.3. The number of anilines is 1. The predicted octanol–water partition coefficient (Wildman–Crippen LogP) is 3.23. The van der Waals surface area contributed by atoms with E-state index < -0.39 is 28.5 Å². The highest BCUT2D eigenvalue weighted by molar-refractivity contribution is 7.92. The van der Waals surface area contributed by atoms with Crippen molar-refractivity contribution in [1.82, 2.24) is 10.2 Å². The van der Waals surface area contributed by atoms with E-state index in [2.05, 4.69) is 5.32 Å². The molecular weight excluding hydrogens is 461 g/mol. The van der Waals surface area contributed by atoms with Gasteiger partial charge in [-0.05, 0) is 49.2 Å². The number of aryl methyl sites for hydroxylation is 1. The van der Waals surface area contributed by atoms with Crippen LogP contribution in [0, 0.1) is 6.92 Å². The maximum atomic E-state index is 13.3. The number of nitrogens with one attached hydrogen (secondary N) is 1. The van der Waals surface area contributed by atoms with Crippen molar-refractivity contribution in [3.8, 4) is 0 Å². The number of amides is 2. The Kier molecular flexibility index (Phi) is 8.34. The molecule has 0 radical (unpaired) electrons. The van der Waals surface area contributed by atoms with Gasteiger partial charge in [0, 0.05) is 13.6 Å². The van der Waals surface area contributed by atoms with Crippen LogP contribution in [0.15, 0.2) is 42.5 Å². The quantitative estimate of drug-likeness (QED) is 0.621. The number of carbonyl (C=O) groups excluding carboxylic acids is 2. The van der Waals surface area contributed by atoms with Crippen molar-refractivity contribution >= 4 is 50.7 Å².